The first-order chi connectivity index (χ1) is 11.4. The van der Waals surface area contributed by atoms with Gasteiger partial charge in [-0.3, -0.25) is 4.79 Å². The summed E-state index contributed by atoms with van der Waals surface area (Å²) in [7, 11) is 3.98. The minimum Gasteiger partial charge on any atom is -0.378 e. The number of rotatable bonds is 3. The second kappa shape index (κ2) is 6.26. The minimum atomic E-state index is 0.0486. The Balaban J connectivity index is 1.82. The van der Waals surface area contributed by atoms with Crippen molar-refractivity contribution in [3.63, 3.8) is 0 Å². The summed E-state index contributed by atoms with van der Waals surface area (Å²) < 4.78 is 2.18. The van der Waals surface area contributed by atoms with Crippen molar-refractivity contribution in [2.24, 2.45) is 0 Å². The lowest BCUT2D eigenvalue weighted by Gasteiger charge is -2.33. The van der Waals surface area contributed by atoms with Gasteiger partial charge in [0.25, 0.3) is 5.91 Å². The Morgan fingerprint density at radius 3 is 2.46 bits per heavy atom. The molecule has 2 aromatic rings. The normalized spacial score (nSPS) is 17.1. The Kier molecular flexibility index (Phi) is 4.30. The monoisotopic (exact) mass is 327 g/mol. The second-order valence-corrected chi connectivity index (χ2v) is 6.98. The topological polar surface area (TPSA) is 54.3 Å². The molecule has 1 aliphatic heterocycles. The molecule has 1 amide bonds. The van der Waals surface area contributed by atoms with Crippen LogP contribution >= 0.6 is 0 Å². The molecule has 24 heavy (non-hydrogen) atoms. The second-order valence-electron chi connectivity index (χ2n) is 6.98. The summed E-state index contributed by atoms with van der Waals surface area (Å²) in [6.07, 6.45) is 0. The molecular weight excluding hydrogens is 302 g/mol. The molecule has 0 saturated carbocycles. The lowest BCUT2D eigenvalue weighted by atomic mass is 10.1. The number of aromatic nitrogens is 3. The zero-order valence-corrected chi connectivity index (χ0v) is 15.0. The molecular formula is C18H25N5O. The third-order valence-electron chi connectivity index (χ3n) is 4.48. The van der Waals surface area contributed by atoms with Gasteiger partial charge < -0.3 is 14.4 Å². The Morgan fingerprint density at radius 2 is 1.88 bits per heavy atom. The molecule has 6 heteroatoms. The maximum absolute atomic E-state index is 12.8. The molecule has 1 atom stereocenters. The van der Waals surface area contributed by atoms with Crippen molar-refractivity contribution >= 4 is 11.6 Å². The average molecular weight is 327 g/mol. The highest BCUT2D eigenvalue weighted by molar-refractivity contribution is 5.94. The minimum absolute atomic E-state index is 0.0486. The summed E-state index contributed by atoms with van der Waals surface area (Å²) >= 11 is 0. The maximum Gasteiger partial charge on any atom is 0.254 e. The van der Waals surface area contributed by atoms with Crippen LogP contribution < -0.4 is 4.90 Å². The fourth-order valence-electron chi connectivity index (χ4n) is 3.19. The van der Waals surface area contributed by atoms with Gasteiger partial charge in [-0.25, -0.2) is 0 Å². The first-order valence-electron chi connectivity index (χ1n) is 8.38. The van der Waals surface area contributed by atoms with Gasteiger partial charge >= 0.3 is 0 Å². The van der Waals surface area contributed by atoms with E-state index in [1.807, 2.05) is 48.2 Å². The molecule has 0 spiro atoms. The van der Waals surface area contributed by atoms with E-state index < -0.39 is 0 Å². The number of carbonyl (C=O) groups is 1. The third-order valence-corrected chi connectivity index (χ3v) is 4.48. The summed E-state index contributed by atoms with van der Waals surface area (Å²) in [5.74, 6) is 2.25. The molecule has 3 rings (SSSR count). The van der Waals surface area contributed by atoms with Crippen molar-refractivity contribution in [2.45, 2.75) is 39.3 Å². The van der Waals surface area contributed by atoms with Crippen LogP contribution in [0, 0.1) is 0 Å². The van der Waals surface area contributed by atoms with Crippen LogP contribution in [0.3, 0.4) is 0 Å². The van der Waals surface area contributed by atoms with Gasteiger partial charge in [-0.2, -0.15) is 0 Å². The average Bonchev–Trinajstić information content (AvgIpc) is 2.99. The summed E-state index contributed by atoms with van der Waals surface area (Å²) in [6, 6.07) is 7.91. The van der Waals surface area contributed by atoms with Gasteiger partial charge in [0.05, 0.1) is 12.6 Å². The Bertz CT molecular complexity index is 732. The fraction of sp³-hybridized carbons (Fsp3) is 0.500. The van der Waals surface area contributed by atoms with Crippen LogP contribution in [0.2, 0.25) is 0 Å². The van der Waals surface area contributed by atoms with Crippen molar-refractivity contribution in [3.8, 4) is 0 Å². The number of carbonyl (C=O) groups excluding carboxylic acids is 1. The highest BCUT2D eigenvalue weighted by Crippen LogP contribution is 2.26. The molecule has 0 N–H and O–H groups in total. The van der Waals surface area contributed by atoms with Crippen LogP contribution in [0.15, 0.2) is 24.3 Å². The fourth-order valence-corrected chi connectivity index (χ4v) is 3.19. The molecule has 0 radical (unpaired) electrons. The molecule has 1 aromatic heterocycles. The van der Waals surface area contributed by atoms with Gasteiger partial charge in [-0.1, -0.05) is 13.8 Å². The molecule has 6 nitrogen and oxygen atoms in total. The largest absolute Gasteiger partial charge is 0.378 e. The van der Waals surface area contributed by atoms with Crippen LogP contribution in [0.5, 0.6) is 0 Å². The first kappa shape index (κ1) is 16.5. The summed E-state index contributed by atoms with van der Waals surface area (Å²) in [6.45, 7) is 7.55. The van der Waals surface area contributed by atoms with Crippen LogP contribution in [0.4, 0.5) is 5.69 Å². The molecule has 1 aliphatic rings. The molecule has 0 aliphatic carbocycles. The van der Waals surface area contributed by atoms with E-state index in [4.69, 9.17) is 0 Å². The molecule has 2 heterocycles. The van der Waals surface area contributed by atoms with Crippen molar-refractivity contribution < 1.29 is 4.79 Å². The zero-order valence-electron chi connectivity index (χ0n) is 15.0. The molecule has 0 bridgehead atoms. The molecule has 1 aromatic carbocycles. The predicted molar refractivity (Wildman–Crippen MR) is 94.3 cm³/mol. The van der Waals surface area contributed by atoms with Gasteiger partial charge in [0.1, 0.15) is 5.82 Å². The van der Waals surface area contributed by atoms with E-state index in [1.54, 1.807) is 0 Å². The quantitative estimate of drug-likeness (QED) is 0.870. The predicted octanol–water partition coefficient (Wildman–Crippen LogP) is 2.68. The first-order valence-corrected chi connectivity index (χ1v) is 8.38. The van der Waals surface area contributed by atoms with Crippen LogP contribution in [0.1, 0.15) is 54.7 Å². The Morgan fingerprint density at radius 1 is 1.21 bits per heavy atom. The van der Waals surface area contributed by atoms with Gasteiger partial charge in [0, 0.05) is 37.8 Å². The van der Waals surface area contributed by atoms with E-state index in [9.17, 15) is 4.79 Å². The number of nitrogens with zero attached hydrogens (tertiary/aromatic N) is 5. The number of hydrogen-bond acceptors (Lipinski definition) is 4. The number of fused-ring (bicyclic) bond motifs is 1. The van der Waals surface area contributed by atoms with Crippen molar-refractivity contribution in [2.75, 3.05) is 25.5 Å². The maximum atomic E-state index is 12.8. The number of hydrogen-bond donors (Lipinski definition) is 0. The van der Waals surface area contributed by atoms with E-state index in [0.29, 0.717) is 24.6 Å². The smallest absolute Gasteiger partial charge is 0.254 e. The van der Waals surface area contributed by atoms with Gasteiger partial charge in [-0.15, -0.1) is 10.2 Å². The number of amides is 1. The SMILES string of the molecule is CC(C)c1nnc2n1[C@@H](C)CN(C(=O)c1ccc(N(C)C)cc1)C2. The van der Waals surface area contributed by atoms with Crippen LogP contribution in [-0.2, 0) is 6.54 Å². The number of benzene rings is 1. The van der Waals surface area contributed by atoms with Gasteiger partial charge in [-0.05, 0) is 31.2 Å². The standard InChI is InChI=1S/C18H25N5O/c1-12(2)17-20-19-16-11-22(10-13(3)23(16)17)18(24)14-6-8-15(9-7-14)21(4)5/h6-9,12-13H,10-11H2,1-5H3/t13-/m0/s1. The van der Waals surface area contributed by atoms with Crippen molar-refractivity contribution in [1.82, 2.24) is 19.7 Å². The Labute approximate surface area is 143 Å². The van der Waals surface area contributed by atoms with Crippen molar-refractivity contribution in [3.05, 3.63) is 41.5 Å². The summed E-state index contributed by atoms with van der Waals surface area (Å²) in [5, 5.41) is 8.62. The molecule has 128 valence electrons. The number of anilines is 1. The van der Waals surface area contributed by atoms with Crippen LogP contribution in [0.25, 0.3) is 0 Å². The lowest BCUT2D eigenvalue weighted by molar-refractivity contribution is 0.0679. The molecule has 0 fully saturated rings. The third kappa shape index (κ3) is 2.88. The van der Waals surface area contributed by atoms with E-state index in [1.165, 1.54) is 0 Å². The Hall–Kier alpha value is -2.37. The van der Waals surface area contributed by atoms with Crippen molar-refractivity contribution in [1.29, 1.82) is 0 Å². The summed E-state index contributed by atoms with van der Waals surface area (Å²) in [4.78, 5) is 16.7. The molecule has 0 saturated heterocycles. The highest BCUT2D eigenvalue weighted by atomic mass is 16.2. The highest BCUT2D eigenvalue weighted by Gasteiger charge is 2.30. The van der Waals surface area contributed by atoms with E-state index >= 15 is 0 Å². The zero-order chi connectivity index (χ0) is 17.4. The molecule has 0 unspecified atom stereocenters. The van der Waals surface area contributed by atoms with Gasteiger partial charge in [0.2, 0.25) is 0 Å². The van der Waals surface area contributed by atoms with Crippen LogP contribution in [-0.4, -0.2) is 46.2 Å². The van der Waals surface area contributed by atoms with E-state index in [0.717, 1.165) is 17.3 Å². The van der Waals surface area contributed by atoms with E-state index in [2.05, 4.69) is 35.5 Å². The summed E-state index contributed by atoms with van der Waals surface area (Å²) in [5.41, 5.74) is 1.80. The van der Waals surface area contributed by atoms with E-state index in [-0.39, 0.29) is 11.9 Å². The lowest BCUT2D eigenvalue weighted by Crippen LogP contribution is -2.40. The van der Waals surface area contributed by atoms with Gasteiger partial charge in [0.15, 0.2) is 5.82 Å².